The van der Waals surface area contributed by atoms with E-state index in [9.17, 15) is 9.18 Å². The number of benzene rings is 1. The van der Waals surface area contributed by atoms with Crippen LogP contribution in [0, 0.1) is 5.82 Å². The van der Waals surface area contributed by atoms with Gasteiger partial charge in [0, 0.05) is 17.1 Å². The first kappa shape index (κ1) is 10.7. The molecule has 16 heavy (non-hydrogen) atoms. The first-order valence-electron chi connectivity index (χ1n) is 5.12. The molecule has 2 N–H and O–H groups in total. The van der Waals surface area contributed by atoms with E-state index in [0.717, 1.165) is 5.52 Å². The summed E-state index contributed by atoms with van der Waals surface area (Å²) in [7, 11) is 0. The maximum absolute atomic E-state index is 13.1. The zero-order valence-electron chi connectivity index (χ0n) is 8.83. The van der Waals surface area contributed by atoms with Crippen molar-refractivity contribution in [3.63, 3.8) is 0 Å². The first-order valence-corrected chi connectivity index (χ1v) is 5.12. The van der Waals surface area contributed by atoms with Crippen LogP contribution in [0.4, 0.5) is 4.39 Å². The van der Waals surface area contributed by atoms with E-state index in [4.69, 9.17) is 5.11 Å². The quantitative estimate of drug-likeness (QED) is 0.837. The molecule has 1 unspecified atom stereocenters. The Morgan fingerprint density at radius 3 is 2.94 bits per heavy atom. The fraction of sp³-hybridized carbons (Fsp3) is 0.250. The van der Waals surface area contributed by atoms with E-state index in [1.54, 1.807) is 19.2 Å². The van der Waals surface area contributed by atoms with Crippen molar-refractivity contribution >= 4 is 16.9 Å². The summed E-state index contributed by atoms with van der Waals surface area (Å²) in [6.07, 6.45) is 2.13. The molecule has 2 aromatic rings. The molecule has 1 heterocycles. The molecule has 4 heteroatoms. The molecule has 3 nitrogen and oxygen atoms in total. The molecule has 0 saturated heterocycles. The minimum Gasteiger partial charge on any atom is -0.481 e. The molecule has 84 valence electrons. The van der Waals surface area contributed by atoms with Crippen LogP contribution in [-0.2, 0) is 4.79 Å². The third-order valence-electron chi connectivity index (χ3n) is 2.76. The third-order valence-corrected chi connectivity index (χ3v) is 2.76. The number of carbonyl (C=O) groups is 1. The Morgan fingerprint density at radius 2 is 2.31 bits per heavy atom. The fourth-order valence-corrected chi connectivity index (χ4v) is 1.93. The van der Waals surface area contributed by atoms with Gasteiger partial charge in [-0.25, -0.2) is 4.39 Å². The van der Waals surface area contributed by atoms with Crippen molar-refractivity contribution in [1.29, 1.82) is 0 Å². The number of halogens is 1. The number of nitrogens with one attached hydrogen (secondary N) is 1. The summed E-state index contributed by atoms with van der Waals surface area (Å²) in [6, 6.07) is 4.33. The summed E-state index contributed by atoms with van der Waals surface area (Å²) in [5.74, 6) is -1.82. The van der Waals surface area contributed by atoms with Gasteiger partial charge in [0.05, 0.1) is 5.92 Å². The van der Waals surface area contributed by atoms with E-state index in [2.05, 4.69) is 4.98 Å². The van der Waals surface area contributed by atoms with Gasteiger partial charge < -0.3 is 10.1 Å². The van der Waals surface area contributed by atoms with Crippen molar-refractivity contribution in [2.45, 2.75) is 19.3 Å². The summed E-state index contributed by atoms with van der Waals surface area (Å²) in [4.78, 5) is 14.0. The smallest absolute Gasteiger partial charge is 0.311 e. The van der Waals surface area contributed by atoms with Gasteiger partial charge in [-0.15, -0.1) is 0 Å². The number of aromatic nitrogens is 1. The summed E-state index contributed by atoms with van der Waals surface area (Å²) >= 11 is 0. The van der Waals surface area contributed by atoms with Crippen molar-refractivity contribution in [1.82, 2.24) is 4.98 Å². The Bertz CT molecular complexity index is 533. The molecule has 0 spiro atoms. The topological polar surface area (TPSA) is 53.1 Å². The van der Waals surface area contributed by atoms with Gasteiger partial charge in [-0.2, -0.15) is 0 Å². The van der Waals surface area contributed by atoms with E-state index < -0.39 is 11.9 Å². The molecule has 0 saturated carbocycles. The minimum absolute atomic E-state index is 0.353. The lowest BCUT2D eigenvalue weighted by molar-refractivity contribution is -0.138. The van der Waals surface area contributed by atoms with Gasteiger partial charge in [0.25, 0.3) is 0 Å². The molecule has 1 aromatic heterocycles. The molecular formula is C12H12FNO2. The van der Waals surface area contributed by atoms with Crippen molar-refractivity contribution in [2.75, 3.05) is 0 Å². The maximum atomic E-state index is 13.1. The van der Waals surface area contributed by atoms with Gasteiger partial charge in [-0.05, 0) is 30.2 Å². The van der Waals surface area contributed by atoms with E-state index in [1.807, 2.05) is 0 Å². The van der Waals surface area contributed by atoms with Gasteiger partial charge in [0.2, 0.25) is 0 Å². The van der Waals surface area contributed by atoms with Gasteiger partial charge in [-0.1, -0.05) is 6.92 Å². The van der Waals surface area contributed by atoms with Gasteiger partial charge >= 0.3 is 5.97 Å². The standard InChI is InChI=1S/C12H12FNO2/c1-2-8(12(15)16)10-6-14-11-4-3-7(13)5-9(10)11/h3-6,8,14H,2H2,1H3,(H,15,16). The predicted molar refractivity (Wildman–Crippen MR) is 58.9 cm³/mol. The third kappa shape index (κ3) is 1.66. The largest absolute Gasteiger partial charge is 0.481 e. The number of hydrogen-bond acceptors (Lipinski definition) is 1. The zero-order chi connectivity index (χ0) is 11.7. The van der Waals surface area contributed by atoms with E-state index in [0.29, 0.717) is 17.4 Å². The molecule has 0 bridgehead atoms. The van der Waals surface area contributed by atoms with Crippen LogP contribution in [0.15, 0.2) is 24.4 Å². The summed E-state index contributed by atoms with van der Waals surface area (Å²) in [5.41, 5.74) is 1.40. The highest BCUT2D eigenvalue weighted by Crippen LogP contribution is 2.28. The van der Waals surface area contributed by atoms with Crippen LogP contribution in [0.3, 0.4) is 0 Å². The Labute approximate surface area is 91.9 Å². The normalized spacial score (nSPS) is 12.9. The highest BCUT2D eigenvalue weighted by Gasteiger charge is 2.21. The lowest BCUT2D eigenvalue weighted by Gasteiger charge is -2.07. The van der Waals surface area contributed by atoms with Crippen molar-refractivity contribution in [3.05, 3.63) is 35.8 Å². The number of hydrogen-bond donors (Lipinski definition) is 2. The van der Waals surface area contributed by atoms with Crippen LogP contribution in [0.2, 0.25) is 0 Å². The summed E-state index contributed by atoms with van der Waals surface area (Å²) in [6.45, 7) is 1.80. The van der Waals surface area contributed by atoms with E-state index in [-0.39, 0.29) is 5.82 Å². The molecule has 0 amide bonds. The molecule has 0 aliphatic carbocycles. The summed E-state index contributed by atoms with van der Waals surface area (Å²) < 4.78 is 13.1. The predicted octanol–water partition coefficient (Wildman–Crippen LogP) is 2.89. The molecule has 0 aliphatic rings. The molecule has 0 fully saturated rings. The van der Waals surface area contributed by atoms with Crippen LogP contribution >= 0.6 is 0 Å². The van der Waals surface area contributed by atoms with Gasteiger partial charge in [0.1, 0.15) is 5.82 Å². The van der Waals surface area contributed by atoms with Crippen LogP contribution in [0.5, 0.6) is 0 Å². The van der Waals surface area contributed by atoms with Crippen molar-refractivity contribution in [3.8, 4) is 0 Å². The molecular weight excluding hydrogens is 209 g/mol. The number of carboxylic acids is 1. The van der Waals surface area contributed by atoms with E-state index in [1.165, 1.54) is 12.1 Å². The van der Waals surface area contributed by atoms with Crippen LogP contribution in [-0.4, -0.2) is 16.1 Å². The molecule has 1 atom stereocenters. The molecule has 0 aliphatic heterocycles. The summed E-state index contributed by atoms with van der Waals surface area (Å²) in [5, 5.41) is 9.71. The average molecular weight is 221 g/mol. The molecule has 0 radical (unpaired) electrons. The number of aliphatic carboxylic acids is 1. The number of carboxylic acid groups (broad SMARTS) is 1. The second-order valence-electron chi connectivity index (χ2n) is 3.73. The Kier molecular flexibility index (Phi) is 2.64. The zero-order valence-corrected chi connectivity index (χ0v) is 8.83. The van der Waals surface area contributed by atoms with Gasteiger partial charge in [0.15, 0.2) is 0 Å². The lowest BCUT2D eigenvalue weighted by Crippen LogP contribution is -2.09. The second kappa shape index (κ2) is 3.96. The Morgan fingerprint density at radius 1 is 1.56 bits per heavy atom. The average Bonchev–Trinajstić information content (AvgIpc) is 2.62. The highest BCUT2D eigenvalue weighted by molar-refractivity contribution is 5.89. The van der Waals surface area contributed by atoms with Crippen LogP contribution in [0.1, 0.15) is 24.8 Å². The minimum atomic E-state index is -0.882. The van der Waals surface area contributed by atoms with Crippen molar-refractivity contribution < 1.29 is 14.3 Å². The number of H-pyrrole nitrogens is 1. The van der Waals surface area contributed by atoms with E-state index >= 15 is 0 Å². The maximum Gasteiger partial charge on any atom is 0.311 e. The second-order valence-corrected chi connectivity index (χ2v) is 3.73. The van der Waals surface area contributed by atoms with Crippen LogP contribution in [0.25, 0.3) is 10.9 Å². The fourth-order valence-electron chi connectivity index (χ4n) is 1.93. The highest BCUT2D eigenvalue weighted by atomic mass is 19.1. The number of rotatable bonds is 3. The van der Waals surface area contributed by atoms with Gasteiger partial charge in [-0.3, -0.25) is 4.79 Å². The number of aromatic amines is 1. The Balaban J connectivity index is 2.59. The molecule has 1 aromatic carbocycles. The van der Waals surface area contributed by atoms with Crippen LogP contribution < -0.4 is 0 Å². The first-order chi connectivity index (χ1) is 7.63. The Hall–Kier alpha value is -1.84. The molecule has 2 rings (SSSR count). The lowest BCUT2D eigenvalue weighted by atomic mass is 9.96. The monoisotopic (exact) mass is 221 g/mol. The number of fused-ring (bicyclic) bond motifs is 1. The SMILES string of the molecule is CCC(C(=O)O)c1c[nH]c2ccc(F)cc12. The van der Waals surface area contributed by atoms with Crippen molar-refractivity contribution in [2.24, 2.45) is 0 Å².